The smallest absolute Gasteiger partial charge is 0.348 e. The molecule has 0 radical (unpaired) electrons. The van der Waals surface area contributed by atoms with E-state index in [0.29, 0.717) is 11.6 Å². The molecule has 1 heterocycles. The molecule has 0 unspecified atom stereocenters. The fraction of sp³-hybridized carbons (Fsp3) is 0.286. The van der Waals surface area contributed by atoms with Gasteiger partial charge in [-0.05, 0) is 38.1 Å². The van der Waals surface area contributed by atoms with Crippen LogP contribution in [0.2, 0.25) is 5.15 Å². The van der Waals surface area contributed by atoms with Crippen LogP contribution in [-0.2, 0) is 0 Å². The minimum atomic E-state index is -0.886. The molecule has 2 aromatic rings. The lowest BCUT2D eigenvalue weighted by Crippen LogP contribution is -2.27. The summed E-state index contributed by atoms with van der Waals surface area (Å²) in [4.78, 5) is 17.3. The predicted octanol–water partition coefficient (Wildman–Crippen LogP) is 2.32. The normalized spacial score (nSPS) is 11.2. The van der Waals surface area contributed by atoms with E-state index in [1.807, 2.05) is 0 Å². The molecule has 0 aliphatic heterocycles. The van der Waals surface area contributed by atoms with Crippen LogP contribution in [0.4, 0.5) is 11.5 Å². The number of halogens is 1. The Kier molecular flexibility index (Phi) is 4.50. The Balaban J connectivity index is 2.03. The van der Waals surface area contributed by atoms with Gasteiger partial charge in [0.05, 0.1) is 5.60 Å². The first-order valence-electron chi connectivity index (χ1n) is 6.31. The molecule has 0 bridgehead atoms. The molecule has 0 atom stereocenters. The quantitative estimate of drug-likeness (QED) is 0.738. The third-order valence-corrected chi connectivity index (χ3v) is 2.63. The van der Waals surface area contributed by atoms with Crippen LogP contribution in [0.1, 0.15) is 13.8 Å². The molecule has 0 spiro atoms. The molecule has 1 aromatic heterocycles. The van der Waals surface area contributed by atoms with Crippen LogP contribution in [0, 0.1) is 0 Å². The molecule has 3 N–H and O–H groups in total. The molecule has 0 fully saturated rings. The number of hydrogen-bond donors (Lipinski definition) is 3. The van der Waals surface area contributed by atoms with Gasteiger partial charge in [-0.15, -0.1) is 0 Å². The van der Waals surface area contributed by atoms with Crippen molar-refractivity contribution < 1.29 is 9.84 Å². The van der Waals surface area contributed by atoms with E-state index in [-0.39, 0.29) is 11.8 Å². The highest BCUT2D eigenvalue weighted by atomic mass is 35.5. The van der Waals surface area contributed by atoms with Gasteiger partial charge in [0.2, 0.25) is 0 Å². The number of benzene rings is 1. The molecule has 6 nitrogen and oxygen atoms in total. The first-order valence-corrected chi connectivity index (χ1v) is 6.69. The zero-order chi connectivity index (χ0) is 15.5. The standard InChI is InChI=1S/C14H16ClN3O3/c1-14(2,20)8-21-10-5-3-9(4-6-10)16-12-7-11(15)17-13(19)18-12/h3-7,20H,8H2,1-2H3,(H2,16,17,18,19). The average molecular weight is 310 g/mol. The zero-order valence-corrected chi connectivity index (χ0v) is 12.4. The summed E-state index contributed by atoms with van der Waals surface area (Å²) < 4.78 is 5.44. The predicted molar refractivity (Wildman–Crippen MR) is 81.4 cm³/mol. The molecular formula is C14H16ClN3O3. The second-order valence-corrected chi connectivity index (χ2v) is 5.58. The van der Waals surface area contributed by atoms with Gasteiger partial charge in [-0.3, -0.25) is 4.98 Å². The molecule has 0 saturated carbocycles. The summed E-state index contributed by atoms with van der Waals surface area (Å²) in [6.07, 6.45) is 0. The highest BCUT2D eigenvalue weighted by Crippen LogP contribution is 2.20. The summed E-state index contributed by atoms with van der Waals surface area (Å²) >= 11 is 5.75. The molecule has 0 amide bonds. The first kappa shape index (κ1) is 15.3. The summed E-state index contributed by atoms with van der Waals surface area (Å²) in [6, 6.07) is 8.57. The second kappa shape index (κ2) is 6.15. The summed E-state index contributed by atoms with van der Waals surface area (Å²) in [7, 11) is 0. The summed E-state index contributed by atoms with van der Waals surface area (Å²) in [6.45, 7) is 3.54. The number of aromatic nitrogens is 2. The number of H-pyrrole nitrogens is 1. The molecule has 112 valence electrons. The van der Waals surface area contributed by atoms with Gasteiger partial charge in [0, 0.05) is 11.8 Å². The monoisotopic (exact) mass is 309 g/mol. The van der Waals surface area contributed by atoms with E-state index in [4.69, 9.17) is 16.3 Å². The van der Waals surface area contributed by atoms with Crippen LogP contribution in [0.3, 0.4) is 0 Å². The van der Waals surface area contributed by atoms with Crippen LogP contribution < -0.4 is 15.7 Å². The third-order valence-electron chi connectivity index (χ3n) is 2.43. The Bertz CT molecular complexity index is 662. The van der Waals surface area contributed by atoms with E-state index >= 15 is 0 Å². The Morgan fingerprint density at radius 3 is 2.62 bits per heavy atom. The molecule has 7 heteroatoms. The SMILES string of the molecule is CC(C)(O)COc1ccc(Nc2cc(Cl)[nH]c(=O)n2)cc1. The topological polar surface area (TPSA) is 87.2 Å². The van der Waals surface area contributed by atoms with Gasteiger partial charge >= 0.3 is 5.69 Å². The molecule has 0 aliphatic rings. The van der Waals surface area contributed by atoms with Crippen molar-refractivity contribution in [1.29, 1.82) is 0 Å². The number of anilines is 2. The molecule has 0 aliphatic carbocycles. The Morgan fingerprint density at radius 2 is 2.05 bits per heavy atom. The Morgan fingerprint density at radius 1 is 1.38 bits per heavy atom. The second-order valence-electron chi connectivity index (χ2n) is 5.17. The van der Waals surface area contributed by atoms with Crippen molar-refractivity contribution in [3.63, 3.8) is 0 Å². The van der Waals surface area contributed by atoms with Gasteiger partial charge in [0.15, 0.2) is 0 Å². The number of nitrogens with zero attached hydrogens (tertiary/aromatic N) is 1. The van der Waals surface area contributed by atoms with Crippen LogP contribution in [0.25, 0.3) is 0 Å². The number of aliphatic hydroxyl groups is 1. The highest BCUT2D eigenvalue weighted by Gasteiger charge is 2.13. The maximum atomic E-state index is 11.2. The van der Waals surface area contributed by atoms with E-state index in [0.717, 1.165) is 5.69 Å². The van der Waals surface area contributed by atoms with Crippen molar-refractivity contribution >= 4 is 23.1 Å². The Labute approximate surface area is 126 Å². The number of hydrogen-bond acceptors (Lipinski definition) is 5. The maximum absolute atomic E-state index is 11.2. The van der Waals surface area contributed by atoms with E-state index < -0.39 is 11.3 Å². The van der Waals surface area contributed by atoms with Crippen molar-refractivity contribution in [3.05, 3.63) is 46.0 Å². The van der Waals surface area contributed by atoms with Crippen molar-refractivity contribution in [2.75, 3.05) is 11.9 Å². The van der Waals surface area contributed by atoms with E-state index in [1.54, 1.807) is 38.1 Å². The van der Waals surface area contributed by atoms with Crippen molar-refractivity contribution in [1.82, 2.24) is 9.97 Å². The number of ether oxygens (including phenoxy) is 1. The lowest BCUT2D eigenvalue weighted by molar-refractivity contribution is 0.0285. The third kappa shape index (κ3) is 5.09. The fourth-order valence-electron chi connectivity index (χ4n) is 1.53. The number of aromatic amines is 1. The minimum absolute atomic E-state index is 0.199. The molecule has 1 aromatic carbocycles. The fourth-order valence-corrected chi connectivity index (χ4v) is 1.72. The lowest BCUT2D eigenvalue weighted by Gasteiger charge is -2.17. The Hall–Kier alpha value is -2.05. The van der Waals surface area contributed by atoms with Gasteiger partial charge in [-0.1, -0.05) is 11.6 Å². The zero-order valence-electron chi connectivity index (χ0n) is 11.7. The molecule has 0 saturated heterocycles. The summed E-state index contributed by atoms with van der Waals surface area (Å²) in [5.41, 5.74) is -0.669. The van der Waals surface area contributed by atoms with Crippen molar-refractivity contribution in [3.8, 4) is 5.75 Å². The van der Waals surface area contributed by atoms with Gasteiger partial charge in [0.1, 0.15) is 23.3 Å². The maximum Gasteiger partial charge on any atom is 0.348 e. The van der Waals surface area contributed by atoms with Crippen molar-refractivity contribution in [2.45, 2.75) is 19.4 Å². The van der Waals surface area contributed by atoms with Crippen LogP contribution >= 0.6 is 11.6 Å². The molecule has 2 rings (SSSR count). The van der Waals surface area contributed by atoms with Gasteiger partial charge in [0.25, 0.3) is 0 Å². The van der Waals surface area contributed by atoms with Gasteiger partial charge in [-0.2, -0.15) is 4.98 Å². The average Bonchev–Trinajstić information content (AvgIpc) is 2.36. The summed E-state index contributed by atoms with van der Waals surface area (Å²) in [5.74, 6) is 0.994. The lowest BCUT2D eigenvalue weighted by atomic mass is 10.2. The number of nitrogens with one attached hydrogen (secondary N) is 2. The first-order chi connectivity index (χ1) is 9.82. The van der Waals surface area contributed by atoms with E-state index in [9.17, 15) is 9.90 Å². The molecular weight excluding hydrogens is 294 g/mol. The molecule has 21 heavy (non-hydrogen) atoms. The van der Waals surface area contributed by atoms with E-state index in [2.05, 4.69) is 15.3 Å². The van der Waals surface area contributed by atoms with E-state index in [1.165, 1.54) is 6.07 Å². The van der Waals surface area contributed by atoms with Crippen LogP contribution in [0.15, 0.2) is 35.1 Å². The minimum Gasteiger partial charge on any atom is -0.491 e. The van der Waals surface area contributed by atoms with Crippen molar-refractivity contribution in [2.24, 2.45) is 0 Å². The highest BCUT2D eigenvalue weighted by molar-refractivity contribution is 6.29. The van der Waals surface area contributed by atoms with Crippen LogP contribution in [-0.4, -0.2) is 27.3 Å². The van der Waals surface area contributed by atoms with Gasteiger partial charge in [-0.25, -0.2) is 4.79 Å². The summed E-state index contributed by atoms with van der Waals surface area (Å²) in [5, 5.41) is 12.8. The number of rotatable bonds is 5. The largest absolute Gasteiger partial charge is 0.491 e. The van der Waals surface area contributed by atoms with Crippen LogP contribution in [0.5, 0.6) is 5.75 Å². The van der Waals surface area contributed by atoms with Gasteiger partial charge < -0.3 is 15.2 Å².